The minimum Gasteiger partial charge on any atom is -0.449 e. The molecule has 0 radical (unpaired) electrons. The Morgan fingerprint density at radius 3 is 2.54 bits per heavy atom. The Balaban J connectivity index is 1.41. The van der Waals surface area contributed by atoms with Crippen LogP contribution in [0.3, 0.4) is 0 Å². The van der Waals surface area contributed by atoms with Crippen LogP contribution in [0.15, 0.2) is 94.6 Å². The third-order valence-corrected chi connectivity index (χ3v) is 6.67. The van der Waals surface area contributed by atoms with Crippen LogP contribution in [0.1, 0.15) is 32.2 Å². The third kappa shape index (κ3) is 5.66. The SMILES string of the molecule is Cc1cccc(CSc2ncc(Cl)c(C(=O)Nc3c(C(=O)Nc4ccccc4)oc4ccccc34)n2)c1. The lowest BCUT2D eigenvalue weighted by Crippen LogP contribution is -2.18. The molecule has 0 aliphatic rings. The van der Waals surface area contributed by atoms with Gasteiger partial charge < -0.3 is 15.1 Å². The lowest BCUT2D eigenvalue weighted by molar-refractivity contribution is 0.0999. The van der Waals surface area contributed by atoms with Crippen LogP contribution in [0.4, 0.5) is 11.4 Å². The van der Waals surface area contributed by atoms with Crippen molar-refractivity contribution in [2.45, 2.75) is 17.8 Å². The summed E-state index contributed by atoms with van der Waals surface area (Å²) in [5.74, 6) is -0.468. The normalized spacial score (nSPS) is 10.9. The highest BCUT2D eigenvalue weighted by atomic mass is 35.5. The number of furan rings is 1. The zero-order valence-corrected chi connectivity index (χ0v) is 21.3. The van der Waals surface area contributed by atoms with Crippen LogP contribution in [0.5, 0.6) is 0 Å². The van der Waals surface area contributed by atoms with Gasteiger partial charge in [0.2, 0.25) is 5.76 Å². The van der Waals surface area contributed by atoms with Crippen molar-refractivity contribution >= 4 is 57.5 Å². The van der Waals surface area contributed by atoms with E-state index in [1.165, 1.54) is 18.0 Å². The topological polar surface area (TPSA) is 97.1 Å². The molecule has 0 atom stereocenters. The number of fused-ring (bicyclic) bond motifs is 1. The van der Waals surface area contributed by atoms with E-state index in [-0.39, 0.29) is 22.2 Å². The molecule has 37 heavy (non-hydrogen) atoms. The van der Waals surface area contributed by atoms with E-state index in [0.717, 1.165) is 11.1 Å². The van der Waals surface area contributed by atoms with E-state index in [1.807, 2.05) is 43.3 Å². The quantitative estimate of drug-likeness (QED) is 0.175. The Morgan fingerprint density at radius 1 is 0.946 bits per heavy atom. The molecule has 2 amide bonds. The maximum absolute atomic E-state index is 13.3. The summed E-state index contributed by atoms with van der Waals surface area (Å²) in [7, 11) is 0. The van der Waals surface area contributed by atoms with Crippen LogP contribution in [-0.2, 0) is 5.75 Å². The second kappa shape index (κ2) is 10.9. The zero-order chi connectivity index (χ0) is 25.8. The molecule has 0 fully saturated rings. The smallest absolute Gasteiger partial charge is 0.293 e. The molecule has 0 spiro atoms. The minimum absolute atomic E-state index is 0.00288. The molecule has 2 N–H and O–H groups in total. The zero-order valence-electron chi connectivity index (χ0n) is 19.7. The second-order valence-electron chi connectivity index (χ2n) is 8.20. The summed E-state index contributed by atoms with van der Waals surface area (Å²) in [5.41, 5.74) is 3.57. The van der Waals surface area contributed by atoms with E-state index in [4.69, 9.17) is 16.0 Å². The summed E-state index contributed by atoms with van der Waals surface area (Å²) in [5, 5.41) is 6.67. The Hall–Kier alpha value is -4.14. The molecule has 5 rings (SSSR count). The predicted octanol–water partition coefficient (Wildman–Crippen LogP) is 6.98. The third-order valence-electron chi connectivity index (χ3n) is 5.46. The van der Waals surface area contributed by atoms with Crippen LogP contribution in [0.25, 0.3) is 11.0 Å². The fraction of sp³-hybridized carbons (Fsp3) is 0.0714. The Bertz CT molecular complexity index is 1600. The van der Waals surface area contributed by atoms with Gasteiger partial charge >= 0.3 is 0 Å². The molecule has 184 valence electrons. The van der Waals surface area contributed by atoms with Crippen LogP contribution in [-0.4, -0.2) is 21.8 Å². The maximum Gasteiger partial charge on any atom is 0.293 e. The number of benzene rings is 3. The highest BCUT2D eigenvalue weighted by molar-refractivity contribution is 7.98. The molecule has 5 aromatic rings. The molecule has 0 saturated heterocycles. The number of nitrogens with one attached hydrogen (secondary N) is 2. The number of hydrogen-bond donors (Lipinski definition) is 2. The number of thioether (sulfide) groups is 1. The van der Waals surface area contributed by atoms with Gasteiger partial charge in [0.1, 0.15) is 11.3 Å². The van der Waals surface area contributed by atoms with E-state index >= 15 is 0 Å². The van der Waals surface area contributed by atoms with Crippen molar-refractivity contribution in [2.75, 3.05) is 10.6 Å². The minimum atomic E-state index is -0.579. The highest BCUT2D eigenvalue weighted by Crippen LogP contribution is 2.32. The van der Waals surface area contributed by atoms with Crippen LogP contribution in [0.2, 0.25) is 5.02 Å². The Morgan fingerprint density at radius 2 is 1.73 bits per heavy atom. The van der Waals surface area contributed by atoms with Crippen molar-refractivity contribution < 1.29 is 14.0 Å². The first-order chi connectivity index (χ1) is 18.0. The number of carbonyl (C=O) groups is 2. The average molecular weight is 529 g/mol. The highest BCUT2D eigenvalue weighted by Gasteiger charge is 2.24. The fourth-order valence-corrected chi connectivity index (χ4v) is 4.68. The van der Waals surface area contributed by atoms with Gasteiger partial charge in [0.25, 0.3) is 11.8 Å². The summed E-state index contributed by atoms with van der Waals surface area (Å²) < 4.78 is 5.82. The van der Waals surface area contributed by atoms with Crippen LogP contribution >= 0.6 is 23.4 Å². The van der Waals surface area contributed by atoms with Gasteiger partial charge in [0, 0.05) is 16.8 Å². The van der Waals surface area contributed by atoms with Gasteiger partial charge in [0.05, 0.1) is 11.2 Å². The van der Waals surface area contributed by atoms with Gasteiger partial charge in [0.15, 0.2) is 10.9 Å². The van der Waals surface area contributed by atoms with Gasteiger partial charge in [-0.15, -0.1) is 0 Å². The fourth-order valence-electron chi connectivity index (χ4n) is 3.74. The Labute approximate surface area is 222 Å². The van der Waals surface area contributed by atoms with Gasteiger partial charge in [-0.2, -0.15) is 0 Å². The molecule has 0 bridgehead atoms. The van der Waals surface area contributed by atoms with Crippen molar-refractivity contribution in [3.8, 4) is 0 Å². The molecule has 2 heterocycles. The summed E-state index contributed by atoms with van der Waals surface area (Å²) in [6.45, 7) is 2.03. The Kier molecular flexibility index (Phi) is 7.20. The average Bonchev–Trinajstić information content (AvgIpc) is 3.27. The molecule has 2 aromatic heterocycles. The number of amides is 2. The summed E-state index contributed by atoms with van der Waals surface area (Å²) >= 11 is 7.70. The van der Waals surface area contributed by atoms with Crippen molar-refractivity contribution in [3.63, 3.8) is 0 Å². The molecule has 0 saturated carbocycles. The van der Waals surface area contributed by atoms with Gasteiger partial charge in [-0.25, -0.2) is 9.97 Å². The standard InChI is InChI=1S/C28H21ClN4O3S/c1-17-8-7-9-18(14-17)16-37-28-30-15-21(29)24(33-28)26(34)32-23-20-12-5-6-13-22(20)36-25(23)27(35)31-19-10-3-2-4-11-19/h2-15H,16H2,1H3,(H,31,35)(H,32,34). The van der Waals surface area contributed by atoms with Gasteiger partial charge in [-0.05, 0) is 36.8 Å². The molecule has 0 aliphatic carbocycles. The number of hydrogen-bond acceptors (Lipinski definition) is 6. The second-order valence-corrected chi connectivity index (χ2v) is 9.55. The van der Waals surface area contributed by atoms with E-state index in [2.05, 4.69) is 26.7 Å². The van der Waals surface area contributed by atoms with Crippen LogP contribution < -0.4 is 10.6 Å². The first kappa shape index (κ1) is 24.5. The van der Waals surface area contributed by atoms with E-state index in [1.54, 1.807) is 36.4 Å². The maximum atomic E-state index is 13.3. The molecule has 0 aliphatic heterocycles. The molecule has 9 heteroatoms. The number of rotatable bonds is 7. The molecule has 3 aromatic carbocycles. The summed E-state index contributed by atoms with van der Waals surface area (Å²) in [4.78, 5) is 35.0. The number of para-hydroxylation sites is 2. The van der Waals surface area contributed by atoms with E-state index in [9.17, 15) is 9.59 Å². The number of halogens is 1. The first-order valence-electron chi connectivity index (χ1n) is 11.4. The summed E-state index contributed by atoms with van der Waals surface area (Å²) in [6, 6.07) is 24.2. The molecular formula is C28H21ClN4O3S. The number of anilines is 2. The van der Waals surface area contributed by atoms with Crippen LogP contribution in [0, 0.1) is 6.92 Å². The number of carbonyl (C=O) groups excluding carboxylic acids is 2. The van der Waals surface area contributed by atoms with E-state index in [0.29, 0.717) is 27.6 Å². The predicted molar refractivity (Wildman–Crippen MR) is 146 cm³/mol. The number of aromatic nitrogens is 2. The molecular weight excluding hydrogens is 508 g/mol. The van der Waals surface area contributed by atoms with Crippen molar-refractivity contribution in [2.24, 2.45) is 0 Å². The number of nitrogens with zero attached hydrogens (tertiary/aromatic N) is 2. The van der Waals surface area contributed by atoms with Gasteiger partial charge in [-0.1, -0.05) is 83.5 Å². The largest absolute Gasteiger partial charge is 0.449 e. The lowest BCUT2D eigenvalue weighted by atomic mass is 10.2. The van der Waals surface area contributed by atoms with Gasteiger partial charge in [-0.3, -0.25) is 9.59 Å². The monoisotopic (exact) mass is 528 g/mol. The van der Waals surface area contributed by atoms with Crippen molar-refractivity contribution in [1.82, 2.24) is 9.97 Å². The lowest BCUT2D eigenvalue weighted by Gasteiger charge is -2.09. The summed E-state index contributed by atoms with van der Waals surface area (Å²) in [6.07, 6.45) is 1.40. The molecule has 0 unspecified atom stereocenters. The van der Waals surface area contributed by atoms with Crippen molar-refractivity contribution in [3.05, 3.63) is 113 Å². The number of aryl methyl sites for hydroxylation is 1. The van der Waals surface area contributed by atoms with Crippen molar-refractivity contribution in [1.29, 1.82) is 0 Å². The molecule has 7 nitrogen and oxygen atoms in total. The first-order valence-corrected chi connectivity index (χ1v) is 12.7. The van der Waals surface area contributed by atoms with E-state index < -0.39 is 11.8 Å².